The third-order valence-electron chi connectivity index (χ3n) is 8.92. The highest BCUT2D eigenvalue weighted by molar-refractivity contribution is 5.97. The van der Waals surface area contributed by atoms with Gasteiger partial charge in [-0.15, -0.1) is 0 Å². The van der Waals surface area contributed by atoms with Crippen molar-refractivity contribution in [2.24, 2.45) is 0 Å². The van der Waals surface area contributed by atoms with Crippen LogP contribution in [0.1, 0.15) is 36.8 Å². The summed E-state index contributed by atoms with van der Waals surface area (Å²) in [6, 6.07) is 11.2. The van der Waals surface area contributed by atoms with Gasteiger partial charge in [-0.25, -0.2) is 0 Å². The lowest BCUT2D eigenvalue weighted by atomic mass is 10.0. The van der Waals surface area contributed by atoms with E-state index in [1.165, 1.54) is 21.9 Å². The molecular weight excluding hydrogens is 634 g/mol. The molecule has 0 aromatic heterocycles. The summed E-state index contributed by atoms with van der Waals surface area (Å²) in [6.07, 6.45) is 1.96. The van der Waals surface area contributed by atoms with Gasteiger partial charge < -0.3 is 41.5 Å². The van der Waals surface area contributed by atoms with Crippen LogP contribution >= 0.6 is 0 Å². The second-order valence-electron chi connectivity index (χ2n) is 12.4. The number of carbonyl (C=O) groups is 7. The van der Waals surface area contributed by atoms with Crippen LogP contribution in [0.15, 0.2) is 54.6 Å². The summed E-state index contributed by atoms with van der Waals surface area (Å²) >= 11 is 0. The SMILES string of the molecule is O=C1CNC(=O)[C@@H]2CCCN2C(=O)[C@H](Cc2ccccc2)NC(=O)[C@@H]2CCCN2C(=O)CNC(=O)[C@H](Cc2ccc(O)cc2)NC(=O)CN1. The molecule has 3 aliphatic heterocycles. The number of nitrogens with zero attached hydrogens (tertiary/aromatic N) is 2. The maximum absolute atomic E-state index is 14.0. The molecule has 0 radical (unpaired) electrons. The molecule has 3 saturated heterocycles. The van der Waals surface area contributed by atoms with Crippen molar-refractivity contribution in [1.82, 2.24) is 36.4 Å². The van der Waals surface area contributed by atoms with E-state index in [2.05, 4.69) is 26.6 Å². The number of amides is 7. The van der Waals surface area contributed by atoms with Gasteiger partial charge in [0.1, 0.15) is 29.9 Å². The van der Waals surface area contributed by atoms with Crippen molar-refractivity contribution in [1.29, 1.82) is 0 Å². The first-order valence-corrected chi connectivity index (χ1v) is 16.4. The van der Waals surface area contributed by atoms with Crippen molar-refractivity contribution in [3.05, 3.63) is 65.7 Å². The fourth-order valence-electron chi connectivity index (χ4n) is 6.40. The van der Waals surface area contributed by atoms with Gasteiger partial charge in [0.15, 0.2) is 0 Å². The zero-order valence-corrected chi connectivity index (χ0v) is 27.0. The highest BCUT2D eigenvalue weighted by atomic mass is 16.3. The number of carbonyl (C=O) groups excluding carboxylic acids is 7. The summed E-state index contributed by atoms with van der Waals surface area (Å²) in [5.74, 6) is -4.04. The van der Waals surface area contributed by atoms with Gasteiger partial charge >= 0.3 is 0 Å². The van der Waals surface area contributed by atoms with Crippen molar-refractivity contribution in [3.63, 3.8) is 0 Å². The molecule has 0 bridgehead atoms. The molecule has 0 spiro atoms. The minimum absolute atomic E-state index is 0.0134. The molecule has 5 rings (SSSR count). The van der Waals surface area contributed by atoms with E-state index < -0.39 is 85.2 Å². The van der Waals surface area contributed by atoms with E-state index in [1.54, 1.807) is 12.1 Å². The Labute approximate surface area is 283 Å². The quantitative estimate of drug-likeness (QED) is 0.224. The maximum Gasteiger partial charge on any atom is 0.246 e. The number of nitrogens with one attached hydrogen (secondary N) is 5. The van der Waals surface area contributed by atoms with Crippen LogP contribution in [0.5, 0.6) is 5.75 Å². The van der Waals surface area contributed by atoms with Crippen LogP contribution in [0.2, 0.25) is 0 Å². The fraction of sp³-hybridized carbons (Fsp3) is 0.441. The summed E-state index contributed by atoms with van der Waals surface area (Å²) in [6.45, 7) is -0.844. The van der Waals surface area contributed by atoms with E-state index >= 15 is 0 Å². The molecule has 6 N–H and O–H groups in total. The lowest BCUT2D eigenvalue weighted by molar-refractivity contribution is -0.143. The molecule has 15 nitrogen and oxygen atoms in total. The molecule has 49 heavy (non-hydrogen) atoms. The minimum Gasteiger partial charge on any atom is -0.508 e. The first kappa shape index (κ1) is 34.9. The molecule has 0 aliphatic carbocycles. The Morgan fingerprint density at radius 1 is 0.592 bits per heavy atom. The van der Waals surface area contributed by atoms with E-state index in [0.29, 0.717) is 31.2 Å². The second kappa shape index (κ2) is 16.1. The van der Waals surface area contributed by atoms with Crippen molar-refractivity contribution < 1.29 is 38.7 Å². The molecule has 15 heteroatoms. The Bertz CT molecular complexity index is 1570. The van der Waals surface area contributed by atoms with E-state index in [9.17, 15) is 38.7 Å². The molecular formula is C34H41N7O8. The highest BCUT2D eigenvalue weighted by Gasteiger charge is 2.40. The molecule has 260 valence electrons. The number of phenolic OH excluding ortho intramolecular Hbond substituents is 1. The average molecular weight is 676 g/mol. The van der Waals surface area contributed by atoms with Crippen molar-refractivity contribution in [2.45, 2.75) is 62.7 Å². The molecule has 2 aromatic rings. The molecule has 4 atom stereocenters. The Hall–Kier alpha value is -5.47. The molecule has 3 heterocycles. The lowest BCUT2D eigenvalue weighted by Crippen LogP contribution is -2.57. The average Bonchev–Trinajstić information content (AvgIpc) is 3.80. The van der Waals surface area contributed by atoms with Crippen LogP contribution in [0.3, 0.4) is 0 Å². The second-order valence-corrected chi connectivity index (χ2v) is 12.4. The first-order valence-electron chi connectivity index (χ1n) is 16.4. The zero-order valence-electron chi connectivity index (χ0n) is 27.0. The van der Waals surface area contributed by atoms with Crippen molar-refractivity contribution in [3.8, 4) is 5.75 Å². The molecule has 3 fully saturated rings. The third kappa shape index (κ3) is 9.12. The summed E-state index contributed by atoms with van der Waals surface area (Å²) in [5.41, 5.74) is 1.40. The van der Waals surface area contributed by atoms with E-state index in [0.717, 1.165) is 5.56 Å². The van der Waals surface area contributed by atoms with E-state index in [-0.39, 0.29) is 31.7 Å². The Balaban J connectivity index is 1.38. The van der Waals surface area contributed by atoms with Crippen LogP contribution in [0.4, 0.5) is 0 Å². The van der Waals surface area contributed by atoms with Crippen LogP contribution in [-0.4, -0.2) is 113 Å². The van der Waals surface area contributed by atoms with Gasteiger partial charge in [0.25, 0.3) is 0 Å². The van der Waals surface area contributed by atoms with Gasteiger partial charge in [0.2, 0.25) is 41.4 Å². The Morgan fingerprint density at radius 3 is 1.90 bits per heavy atom. The Kier molecular flexibility index (Phi) is 11.4. The van der Waals surface area contributed by atoms with Gasteiger partial charge in [-0.2, -0.15) is 0 Å². The van der Waals surface area contributed by atoms with Crippen molar-refractivity contribution in [2.75, 3.05) is 32.7 Å². The van der Waals surface area contributed by atoms with Crippen LogP contribution in [0.25, 0.3) is 0 Å². The van der Waals surface area contributed by atoms with Gasteiger partial charge in [0, 0.05) is 25.9 Å². The molecule has 3 aliphatic rings. The number of benzene rings is 2. The number of hydrogen-bond acceptors (Lipinski definition) is 8. The molecule has 0 unspecified atom stereocenters. The molecule has 7 amide bonds. The molecule has 2 aromatic carbocycles. The first-order chi connectivity index (χ1) is 23.6. The monoisotopic (exact) mass is 675 g/mol. The topological polar surface area (TPSA) is 206 Å². The van der Waals surface area contributed by atoms with Gasteiger partial charge in [-0.3, -0.25) is 33.6 Å². The normalized spacial score (nSPS) is 24.9. The molecule has 0 saturated carbocycles. The summed E-state index contributed by atoms with van der Waals surface area (Å²) in [5, 5.41) is 22.6. The summed E-state index contributed by atoms with van der Waals surface area (Å²) < 4.78 is 0. The standard InChI is InChI=1S/C34H41N7O8/c42-23-12-10-22(11-13-23)16-24-31(46)37-20-30(45)40-14-4-9-27(40)33(48)39-25(17-21-6-2-1-3-7-21)34(49)41-15-5-8-26(41)32(47)36-18-28(43)35-19-29(44)38-24/h1-3,6-7,10-13,24-27,42H,4-5,8-9,14-20H2,(H,35,43)(H,36,47)(H,37,46)(H,38,44)(H,39,48)/t24-,25-,26-,27-/m0/s1. The van der Waals surface area contributed by atoms with Crippen LogP contribution < -0.4 is 26.6 Å². The van der Waals surface area contributed by atoms with Gasteiger partial charge in [-0.05, 0) is 48.9 Å². The van der Waals surface area contributed by atoms with Gasteiger partial charge in [0.05, 0.1) is 19.6 Å². The largest absolute Gasteiger partial charge is 0.508 e. The number of phenols is 1. The number of rotatable bonds is 4. The summed E-state index contributed by atoms with van der Waals surface area (Å²) in [4.78, 5) is 95.7. The minimum atomic E-state index is -1.15. The predicted octanol–water partition coefficient (Wildman–Crippen LogP) is -1.51. The van der Waals surface area contributed by atoms with Gasteiger partial charge in [-0.1, -0.05) is 42.5 Å². The van der Waals surface area contributed by atoms with E-state index in [1.807, 2.05) is 30.3 Å². The Morgan fingerprint density at radius 2 is 1.18 bits per heavy atom. The number of hydrogen-bond donors (Lipinski definition) is 6. The van der Waals surface area contributed by atoms with Crippen LogP contribution in [-0.2, 0) is 46.4 Å². The smallest absolute Gasteiger partial charge is 0.246 e. The number of aromatic hydroxyl groups is 1. The van der Waals surface area contributed by atoms with Crippen LogP contribution in [0, 0.1) is 0 Å². The maximum atomic E-state index is 14.0. The number of fused-ring (bicyclic) bond motifs is 2. The van der Waals surface area contributed by atoms with E-state index in [4.69, 9.17) is 0 Å². The third-order valence-corrected chi connectivity index (χ3v) is 8.92. The van der Waals surface area contributed by atoms with Crippen molar-refractivity contribution >= 4 is 41.4 Å². The highest BCUT2D eigenvalue weighted by Crippen LogP contribution is 2.22. The lowest BCUT2D eigenvalue weighted by Gasteiger charge is -2.31. The zero-order chi connectivity index (χ0) is 34.9. The fourth-order valence-corrected chi connectivity index (χ4v) is 6.40. The summed E-state index contributed by atoms with van der Waals surface area (Å²) in [7, 11) is 0. The predicted molar refractivity (Wildman–Crippen MR) is 174 cm³/mol.